The zero-order chi connectivity index (χ0) is 14.4. The second-order valence-corrected chi connectivity index (χ2v) is 5.28. The van der Waals surface area contributed by atoms with Gasteiger partial charge in [0, 0.05) is 0 Å². The maximum absolute atomic E-state index is 12.4. The Labute approximate surface area is 125 Å². The molecule has 3 nitrogen and oxygen atoms in total. The second-order valence-electron chi connectivity index (χ2n) is 4.52. The van der Waals surface area contributed by atoms with Gasteiger partial charge in [-0.1, -0.05) is 41.4 Å². The minimum Gasteiger partial charge on any atom is -0.268 e. The smallest absolute Gasteiger partial charge is 0.266 e. The Morgan fingerprint density at radius 2 is 1.40 bits per heavy atom. The van der Waals surface area contributed by atoms with Gasteiger partial charge in [-0.15, -0.1) is 0 Å². The van der Waals surface area contributed by atoms with Gasteiger partial charge in [0.15, 0.2) is 0 Å². The Morgan fingerprint density at radius 1 is 0.850 bits per heavy atom. The number of carbonyl (C=O) groups is 2. The van der Waals surface area contributed by atoms with Gasteiger partial charge in [0.1, 0.15) is 0 Å². The molecule has 3 rings (SSSR count). The topological polar surface area (TPSA) is 37.4 Å². The molecule has 20 heavy (non-hydrogen) atoms. The summed E-state index contributed by atoms with van der Waals surface area (Å²) in [5, 5.41) is 0.557. The van der Waals surface area contributed by atoms with E-state index in [1.165, 1.54) is 0 Å². The molecular formula is C15H9Cl2NO2. The van der Waals surface area contributed by atoms with Crippen LogP contribution in [0.2, 0.25) is 10.0 Å². The molecule has 2 aromatic rings. The van der Waals surface area contributed by atoms with Crippen LogP contribution in [0.15, 0.2) is 36.4 Å². The van der Waals surface area contributed by atoms with Crippen LogP contribution in [0.1, 0.15) is 26.3 Å². The van der Waals surface area contributed by atoms with Gasteiger partial charge in [0.2, 0.25) is 0 Å². The van der Waals surface area contributed by atoms with Gasteiger partial charge >= 0.3 is 0 Å². The van der Waals surface area contributed by atoms with E-state index in [9.17, 15) is 9.59 Å². The molecule has 0 bridgehead atoms. The van der Waals surface area contributed by atoms with E-state index in [2.05, 4.69) is 0 Å². The van der Waals surface area contributed by atoms with Crippen molar-refractivity contribution in [2.75, 3.05) is 4.90 Å². The Kier molecular flexibility index (Phi) is 3.04. The van der Waals surface area contributed by atoms with Crippen molar-refractivity contribution >= 4 is 40.7 Å². The molecule has 0 saturated carbocycles. The summed E-state index contributed by atoms with van der Waals surface area (Å²) in [6, 6.07) is 10.0. The molecule has 0 N–H and O–H groups in total. The number of anilines is 1. The molecule has 2 aromatic carbocycles. The predicted octanol–water partition coefficient (Wildman–Crippen LogP) is 4.10. The van der Waals surface area contributed by atoms with Gasteiger partial charge in [-0.3, -0.25) is 9.59 Å². The van der Waals surface area contributed by atoms with Crippen LogP contribution in [-0.2, 0) is 0 Å². The molecule has 1 heterocycles. The number of benzene rings is 2. The van der Waals surface area contributed by atoms with E-state index in [1.807, 2.05) is 0 Å². The van der Waals surface area contributed by atoms with Crippen molar-refractivity contribution in [1.29, 1.82) is 0 Å². The fraction of sp³-hybridized carbons (Fsp3) is 0.0667. The molecule has 0 radical (unpaired) electrons. The molecule has 0 atom stereocenters. The van der Waals surface area contributed by atoms with E-state index >= 15 is 0 Å². The number of hydrogen-bond acceptors (Lipinski definition) is 2. The van der Waals surface area contributed by atoms with Gasteiger partial charge in [-0.2, -0.15) is 0 Å². The molecule has 0 fully saturated rings. The monoisotopic (exact) mass is 305 g/mol. The summed E-state index contributed by atoms with van der Waals surface area (Å²) in [7, 11) is 0. The average Bonchev–Trinajstić information content (AvgIpc) is 2.70. The highest BCUT2D eigenvalue weighted by Crippen LogP contribution is 2.38. The van der Waals surface area contributed by atoms with Gasteiger partial charge in [-0.05, 0) is 30.7 Å². The van der Waals surface area contributed by atoms with Crippen LogP contribution >= 0.6 is 23.2 Å². The van der Waals surface area contributed by atoms with Crippen molar-refractivity contribution < 1.29 is 9.59 Å². The normalized spacial score (nSPS) is 13.8. The molecule has 0 unspecified atom stereocenters. The maximum Gasteiger partial charge on any atom is 0.266 e. The molecule has 0 spiro atoms. The lowest BCUT2D eigenvalue weighted by molar-refractivity contribution is 0.0926. The molecule has 1 aliphatic rings. The molecule has 100 valence electrons. The molecule has 0 saturated heterocycles. The summed E-state index contributed by atoms with van der Waals surface area (Å²) in [5.74, 6) is -0.764. The third-order valence-corrected chi connectivity index (χ3v) is 4.26. The minimum atomic E-state index is -0.382. The zero-order valence-corrected chi connectivity index (χ0v) is 12.0. The zero-order valence-electron chi connectivity index (χ0n) is 10.5. The number of nitrogens with zero attached hydrogens (tertiary/aromatic N) is 1. The van der Waals surface area contributed by atoms with E-state index < -0.39 is 0 Å². The van der Waals surface area contributed by atoms with E-state index in [-0.39, 0.29) is 16.8 Å². The quantitative estimate of drug-likeness (QED) is 0.744. The summed E-state index contributed by atoms with van der Waals surface area (Å²) in [6.45, 7) is 1.81. The van der Waals surface area contributed by atoms with Crippen molar-refractivity contribution in [1.82, 2.24) is 0 Å². The molecule has 2 amide bonds. The highest BCUT2D eigenvalue weighted by Gasteiger charge is 2.37. The number of fused-ring (bicyclic) bond motifs is 1. The number of aryl methyl sites for hydroxylation is 1. The van der Waals surface area contributed by atoms with E-state index in [0.29, 0.717) is 21.8 Å². The number of hydrogen-bond donors (Lipinski definition) is 0. The second kappa shape index (κ2) is 4.62. The molecule has 0 aromatic heterocycles. The van der Waals surface area contributed by atoms with Crippen molar-refractivity contribution in [3.05, 3.63) is 63.1 Å². The third-order valence-electron chi connectivity index (χ3n) is 3.29. The first-order valence-corrected chi connectivity index (χ1v) is 6.70. The fourth-order valence-electron chi connectivity index (χ4n) is 2.22. The maximum atomic E-state index is 12.4. The average molecular weight is 306 g/mol. The molecule has 0 aliphatic carbocycles. The van der Waals surface area contributed by atoms with E-state index in [0.717, 1.165) is 10.5 Å². The number of carbonyl (C=O) groups excluding carboxylic acids is 2. The largest absolute Gasteiger partial charge is 0.268 e. The summed E-state index contributed by atoms with van der Waals surface area (Å²) in [5.41, 5.74) is 1.86. The molecule has 5 heteroatoms. The Bertz CT molecular complexity index is 721. The van der Waals surface area contributed by atoms with Crippen molar-refractivity contribution in [2.24, 2.45) is 0 Å². The van der Waals surface area contributed by atoms with Gasteiger partial charge in [-0.25, -0.2) is 4.90 Å². The third kappa shape index (κ3) is 1.74. The summed E-state index contributed by atoms with van der Waals surface area (Å²) >= 11 is 12.3. The van der Waals surface area contributed by atoms with Gasteiger partial charge in [0.05, 0.1) is 26.9 Å². The lowest BCUT2D eigenvalue weighted by Gasteiger charge is -2.17. The van der Waals surface area contributed by atoms with Crippen molar-refractivity contribution in [3.8, 4) is 0 Å². The van der Waals surface area contributed by atoms with Crippen molar-refractivity contribution in [2.45, 2.75) is 6.92 Å². The Balaban J connectivity index is 2.17. The van der Waals surface area contributed by atoms with Crippen molar-refractivity contribution in [3.63, 3.8) is 0 Å². The number of amides is 2. The summed E-state index contributed by atoms with van der Waals surface area (Å²) in [6.07, 6.45) is 0. The predicted molar refractivity (Wildman–Crippen MR) is 78.8 cm³/mol. The highest BCUT2D eigenvalue weighted by atomic mass is 35.5. The first-order chi connectivity index (χ1) is 9.52. The summed E-state index contributed by atoms with van der Waals surface area (Å²) < 4.78 is 0. The first kappa shape index (κ1) is 13.2. The minimum absolute atomic E-state index is 0.209. The number of rotatable bonds is 1. The van der Waals surface area contributed by atoms with Crippen LogP contribution in [0.5, 0.6) is 0 Å². The molecule has 1 aliphatic heterocycles. The Hall–Kier alpha value is -1.84. The van der Waals surface area contributed by atoms with Crippen LogP contribution in [0.3, 0.4) is 0 Å². The fourth-order valence-corrected chi connectivity index (χ4v) is 2.67. The number of halogens is 2. The van der Waals surface area contributed by atoms with E-state index in [1.54, 1.807) is 43.3 Å². The lowest BCUT2D eigenvalue weighted by Crippen LogP contribution is -2.29. The van der Waals surface area contributed by atoms with Gasteiger partial charge in [0.25, 0.3) is 11.8 Å². The molecular weight excluding hydrogens is 297 g/mol. The van der Waals surface area contributed by atoms with Crippen LogP contribution in [-0.4, -0.2) is 11.8 Å². The first-order valence-electron chi connectivity index (χ1n) is 5.95. The summed E-state index contributed by atoms with van der Waals surface area (Å²) in [4.78, 5) is 25.8. The van der Waals surface area contributed by atoms with Crippen LogP contribution < -0.4 is 4.90 Å². The van der Waals surface area contributed by atoms with Crippen LogP contribution in [0.4, 0.5) is 5.69 Å². The number of imide groups is 1. The van der Waals surface area contributed by atoms with E-state index in [4.69, 9.17) is 23.2 Å². The lowest BCUT2D eigenvalue weighted by atomic mass is 10.1. The SMILES string of the molecule is Cc1ccc(N2C(=O)c3ccccc3C2=O)c(Cl)c1Cl. The standard InChI is InChI=1S/C15H9Cl2NO2/c1-8-6-7-11(13(17)12(8)16)18-14(19)9-4-2-3-5-10(9)15(18)20/h2-7H,1H3. The van der Waals surface area contributed by atoms with Crippen LogP contribution in [0.25, 0.3) is 0 Å². The van der Waals surface area contributed by atoms with Crippen LogP contribution in [0, 0.1) is 6.92 Å². The Morgan fingerprint density at radius 3 is 1.95 bits per heavy atom. The highest BCUT2D eigenvalue weighted by molar-refractivity contribution is 6.46. The van der Waals surface area contributed by atoms with Gasteiger partial charge < -0.3 is 0 Å².